The Morgan fingerprint density at radius 3 is 2.71 bits per heavy atom. The standard InChI is InChI=1S/C16H21N5O2S/c1-11-10-21(12(2)9-20(11)16(17)18)24(22,23)15-5-3-4-13-8-19-7-6-14(13)15/h3-8,11-12H,9-10H2,1-2H3,(H3,17,18). The molecule has 0 saturated carbocycles. The first kappa shape index (κ1) is 16.7. The van der Waals surface area contributed by atoms with Crippen LogP contribution in [0.25, 0.3) is 10.8 Å². The summed E-state index contributed by atoms with van der Waals surface area (Å²) in [6.07, 6.45) is 3.26. The first-order chi connectivity index (χ1) is 11.3. The minimum Gasteiger partial charge on any atom is -0.370 e. The molecular weight excluding hydrogens is 326 g/mol. The molecule has 2 atom stereocenters. The van der Waals surface area contributed by atoms with Crippen LogP contribution in [-0.2, 0) is 10.0 Å². The van der Waals surface area contributed by atoms with Gasteiger partial charge in [0.15, 0.2) is 5.96 Å². The van der Waals surface area contributed by atoms with Gasteiger partial charge in [-0.1, -0.05) is 12.1 Å². The predicted molar refractivity (Wildman–Crippen MR) is 93.2 cm³/mol. The lowest BCUT2D eigenvalue weighted by Crippen LogP contribution is -2.60. The number of nitrogens with one attached hydrogen (secondary N) is 1. The van der Waals surface area contributed by atoms with Crippen LogP contribution in [0, 0.1) is 5.41 Å². The number of nitrogens with two attached hydrogens (primary N) is 1. The number of hydrogen-bond donors (Lipinski definition) is 2. The minimum atomic E-state index is -3.65. The van der Waals surface area contributed by atoms with Crippen molar-refractivity contribution in [2.24, 2.45) is 5.73 Å². The number of fused-ring (bicyclic) bond motifs is 1. The Hall–Kier alpha value is -2.19. The molecule has 0 aliphatic carbocycles. The third kappa shape index (κ3) is 2.71. The highest BCUT2D eigenvalue weighted by Crippen LogP contribution is 2.28. The Kier molecular flexibility index (Phi) is 4.18. The molecule has 8 heteroatoms. The topological polar surface area (TPSA) is 103 Å². The van der Waals surface area contributed by atoms with Gasteiger partial charge in [0.1, 0.15) is 0 Å². The van der Waals surface area contributed by atoms with Gasteiger partial charge in [0.2, 0.25) is 10.0 Å². The van der Waals surface area contributed by atoms with Gasteiger partial charge in [0.05, 0.1) is 4.90 Å². The van der Waals surface area contributed by atoms with Crippen LogP contribution in [0.2, 0.25) is 0 Å². The van der Waals surface area contributed by atoms with E-state index in [1.54, 1.807) is 35.5 Å². The van der Waals surface area contributed by atoms with Crippen molar-refractivity contribution in [1.29, 1.82) is 5.41 Å². The second-order valence-corrected chi connectivity index (χ2v) is 8.02. The zero-order chi connectivity index (χ0) is 17.5. The van der Waals surface area contributed by atoms with Crippen LogP contribution in [0.1, 0.15) is 13.8 Å². The van der Waals surface area contributed by atoms with Gasteiger partial charge in [-0.05, 0) is 26.0 Å². The lowest BCUT2D eigenvalue weighted by molar-refractivity contribution is 0.152. The van der Waals surface area contributed by atoms with E-state index in [1.807, 2.05) is 19.9 Å². The third-order valence-electron chi connectivity index (χ3n) is 4.47. The first-order valence-electron chi connectivity index (χ1n) is 7.77. The molecule has 1 saturated heterocycles. The monoisotopic (exact) mass is 347 g/mol. The second kappa shape index (κ2) is 6.03. The molecule has 1 aliphatic rings. The van der Waals surface area contributed by atoms with E-state index < -0.39 is 10.0 Å². The van der Waals surface area contributed by atoms with Crippen LogP contribution >= 0.6 is 0 Å². The van der Waals surface area contributed by atoms with E-state index in [9.17, 15) is 8.42 Å². The highest BCUT2D eigenvalue weighted by molar-refractivity contribution is 7.89. The Labute approximate surface area is 141 Å². The highest BCUT2D eigenvalue weighted by Gasteiger charge is 2.38. The quantitative estimate of drug-likeness (QED) is 0.628. The fraction of sp³-hybridized carbons (Fsp3) is 0.375. The van der Waals surface area contributed by atoms with Gasteiger partial charge >= 0.3 is 0 Å². The van der Waals surface area contributed by atoms with Gasteiger partial charge in [-0.25, -0.2) is 8.42 Å². The molecule has 3 rings (SSSR count). The van der Waals surface area contributed by atoms with Crippen molar-refractivity contribution in [3.63, 3.8) is 0 Å². The highest BCUT2D eigenvalue weighted by atomic mass is 32.2. The predicted octanol–water partition coefficient (Wildman–Crippen LogP) is 1.21. The molecule has 0 amide bonds. The molecule has 0 radical (unpaired) electrons. The molecule has 2 heterocycles. The van der Waals surface area contributed by atoms with Gasteiger partial charge in [-0.3, -0.25) is 10.4 Å². The van der Waals surface area contributed by atoms with E-state index in [0.29, 0.717) is 18.5 Å². The fourth-order valence-corrected chi connectivity index (χ4v) is 5.13. The van der Waals surface area contributed by atoms with Crippen molar-refractivity contribution in [3.05, 3.63) is 36.7 Å². The summed E-state index contributed by atoms with van der Waals surface area (Å²) in [5.41, 5.74) is 5.59. The lowest BCUT2D eigenvalue weighted by atomic mass is 10.1. The number of rotatable bonds is 2. The molecule has 1 fully saturated rings. The van der Waals surface area contributed by atoms with Crippen molar-refractivity contribution in [3.8, 4) is 0 Å². The Balaban J connectivity index is 2.03. The fourth-order valence-electron chi connectivity index (χ4n) is 3.21. The van der Waals surface area contributed by atoms with Gasteiger partial charge in [0.25, 0.3) is 0 Å². The summed E-state index contributed by atoms with van der Waals surface area (Å²) in [6, 6.07) is 6.52. The van der Waals surface area contributed by atoms with Crippen LogP contribution < -0.4 is 5.73 Å². The van der Waals surface area contributed by atoms with E-state index in [0.717, 1.165) is 5.39 Å². The van der Waals surface area contributed by atoms with Gasteiger partial charge in [-0.15, -0.1) is 0 Å². The SMILES string of the molecule is CC1CN(S(=O)(=O)c2cccc3cnccc23)C(C)CN1C(=N)N. The summed E-state index contributed by atoms with van der Waals surface area (Å²) in [4.78, 5) is 6.07. The van der Waals surface area contributed by atoms with Crippen molar-refractivity contribution < 1.29 is 8.42 Å². The minimum absolute atomic E-state index is 0.0253. The number of hydrogen-bond acceptors (Lipinski definition) is 4. The molecule has 1 aromatic carbocycles. The van der Waals surface area contributed by atoms with Crippen LogP contribution in [-0.4, -0.2) is 53.7 Å². The third-order valence-corrected chi connectivity index (χ3v) is 6.50. The molecule has 1 aromatic heterocycles. The van der Waals surface area contributed by atoms with Gasteiger partial charge in [-0.2, -0.15) is 4.31 Å². The van der Waals surface area contributed by atoms with E-state index in [1.165, 1.54) is 4.31 Å². The normalized spacial score (nSPS) is 22.7. The second-order valence-electron chi connectivity index (χ2n) is 6.16. The number of guanidine groups is 1. The lowest BCUT2D eigenvalue weighted by Gasteiger charge is -2.43. The molecule has 128 valence electrons. The Bertz CT molecular complexity index is 878. The number of pyridine rings is 1. The number of aromatic nitrogens is 1. The first-order valence-corrected chi connectivity index (χ1v) is 9.21. The molecule has 0 spiro atoms. The van der Waals surface area contributed by atoms with E-state index >= 15 is 0 Å². The van der Waals surface area contributed by atoms with Crippen molar-refractivity contribution >= 4 is 26.8 Å². The van der Waals surface area contributed by atoms with E-state index in [2.05, 4.69) is 4.98 Å². The van der Waals surface area contributed by atoms with Crippen molar-refractivity contribution in [2.75, 3.05) is 13.1 Å². The summed E-state index contributed by atoms with van der Waals surface area (Å²) in [7, 11) is -3.65. The van der Waals surface area contributed by atoms with E-state index in [4.69, 9.17) is 11.1 Å². The van der Waals surface area contributed by atoms with Crippen LogP contribution in [0.15, 0.2) is 41.6 Å². The summed E-state index contributed by atoms with van der Waals surface area (Å²) >= 11 is 0. The Morgan fingerprint density at radius 1 is 1.25 bits per heavy atom. The van der Waals surface area contributed by atoms with Crippen LogP contribution in [0.4, 0.5) is 0 Å². The average Bonchev–Trinajstić information content (AvgIpc) is 2.55. The van der Waals surface area contributed by atoms with Crippen LogP contribution in [0.3, 0.4) is 0 Å². The largest absolute Gasteiger partial charge is 0.370 e. The Morgan fingerprint density at radius 2 is 2.00 bits per heavy atom. The van der Waals surface area contributed by atoms with Crippen molar-refractivity contribution in [2.45, 2.75) is 30.8 Å². The molecule has 2 aromatic rings. The molecule has 2 unspecified atom stereocenters. The zero-order valence-electron chi connectivity index (χ0n) is 13.7. The molecule has 7 nitrogen and oxygen atoms in total. The number of benzene rings is 1. The van der Waals surface area contributed by atoms with Crippen LogP contribution in [0.5, 0.6) is 0 Å². The van der Waals surface area contributed by atoms with Crippen molar-refractivity contribution in [1.82, 2.24) is 14.2 Å². The maximum atomic E-state index is 13.2. The molecular formula is C16H21N5O2S. The molecule has 1 aliphatic heterocycles. The average molecular weight is 347 g/mol. The van der Waals surface area contributed by atoms with Gasteiger partial charge in [0, 0.05) is 48.3 Å². The summed E-state index contributed by atoms with van der Waals surface area (Å²) < 4.78 is 28.0. The molecule has 0 bridgehead atoms. The molecule has 24 heavy (non-hydrogen) atoms. The number of nitrogens with zero attached hydrogens (tertiary/aromatic N) is 3. The molecule has 3 N–H and O–H groups in total. The smallest absolute Gasteiger partial charge is 0.244 e. The summed E-state index contributed by atoms with van der Waals surface area (Å²) in [5, 5.41) is 9.09. The van der Waals surface area contributed by atoms with Gasteiger partial charge < -0.3 is 10.6 Å². The zero-order valence-corrected chi connectivity index (χ0v) is 14.5. The van der Waals surface area contributed by atoms with E-state index in [-0.39, 0.29) is 22.9 Å². The summed E-state index contributed by atoms with van der Waals surface area (Å²) in [5.74, 6) is -0.0253. The number of piperazine rings is 1. The maximum absolute atomic E-state index is 13.2. The summed E-state index contributed by atoms with van der Waals surface area (Å²) in [6.45, 7) is 4.42. The maximum Gasteiger partial charge on any atom is 0.244 e. The number of sulfonamides is 1.